The van der Waals surface area contributed by atoms with Crippen molar-refractivity contribution in [3.63, 3.8) is 0 Å². The van der Waals surface area contributed by atoms with Crippen LogP contribution in [0.15, 0.2) is 10.8 Å². The molecule has 6 heteroatoms. The standard InChI is InChI=1S/C12H20BrN5/c1-8(2)18-4-3-9(6-18)5-15-12-10(13)11(14)16-7-17-12/h7-9H,3-6H2,1-2H3,(H3,14,15,16,17). The van der Waals surface area contributed by atoms with Gasteiger partial charge in [0.1, 0.15) is 22.4 Å². The van der Waals surface area contributed by atoms with E-state index in [-0.39, 0.29) is 0 Å². The van der Waals surface area contributed by atoms with Crippen molar-refractivity contribution >= 4 is 27.6 Å². The summed E-state index contributed by atoms with van der Waals surface area (Å²) in [5, 5.41) is 3.35. The number of nitrogens with one attached hydrogen (secondary N) is 1. The van der Waals surface area contributed by atoms with Gasteiger partial charge in [-0.05, 0) is 48.7 Å². The monoisotopic (exact) mass is 313 g/mol. The van der Waals surface area contributed by atoms with E-state index in [1.54, 1.807) is 0 Å². The number of likely N-dealkylation sites (tertiary alicyclic amines) is 1. The number of aromatic nitrogens is 2. The number of anilines is 2. The maximum Gasteiger partial charge on any atom is 0.145 e. The zero-order valence-electron chi connectivity index (χ0n) is 10.9. The van der Waals surface area contributed by atoms with Crippen molar-refractivity contribution in [2.24, 2.45) is 5.92 Å². The van der Waals surface area contributed by atoms with Crippen LogP contribution in [-0.4, -0.2) is 40.5 Å². The SMILES string of the molecule is CC(C)N1CCC(CNc2ncnc(N)c2Br)C1. The van der Waals surface area contributed by atoms with Gasteiger partial charge < -0.3 is 16.0 Å². The number of hydrogen-bond donors (Lipinski definition) is 2. The third-order valence-electron chi connectivity index (χ3n) is 3.42. The third-order valence-corrected chi connectivity index (χ3v) is 4.20. The maximum absolute atomic E-state index is 5.72. The number of halogens is 1. The fourth-order valence-corrected chi connectivity index (χ4v) is 2.59. The molecule has 1 aromatic heterocycles. The Morgan fingerprint density at radius 1 is 1.56 bits per heavy atom. The van der Waals surface area contributed by atoms with Crippen LogP contribution in [0.3, 0.4) is 0 Å². The Labute approximate surface area is 116 Å². The number of nitrogens with zero attached hydrogens (tertiary/aromatic N) is 3. The van der Waals surface area contributed by atoms with Gasteiger partial charge in [0.05, 0.1) is 0 Å². The molecule has 2 heterocycles. The summed E-state index contributed by atoms with van der Waals surface area (Å²) in [6.45, 7) is 7.77. The van der Waals surface area contributed by atoms with Crippen molar-refractivity contribution in [1.29, 1.82) is 0 Å². The maximum atomic E-state index is 5.72. The average Bonchev–Trinajstić information content (AvgIpc) is 2.80. The van der Waals surface area contributed by atoms with Crippen LogP contribution < -0.4 is 11.1 Å². The Morgan fingerprint density at radius 2 is 2.33 bits per heavy atom. The summed E-state index contributed by atoms with van der Waals surface area (Å²) in [5.74, 6) is 1.93. The zero-order valence-corrected chi connectivity index (χ0v) is 12.4. The predicted octanol–water partition coefficient (Wildman–Crippen LogP) is 1.96. The lowest BCUT2D eigenvalue weighted by Crippen LogP contribution is -2.29. The second-order valence-corrected chi connectivity index (χ2v) is 5.84. The van der Waals surface area contributed by atoms with Crippen molar-refractivity contribution in [1.82, 2.24) is 14.9 Å². The second kappa shape index (κ2) is 5.84. The summed E-state index contributed by atoms with van der Waals surface area (Å²) in [5.41, 5.74) is 5.72. The lowest BCUT2D eigenvalue weighted by Gasteiger charge is -2.20. The Morgan fingerprint density at radius 3 is 3.00 bits per heavy atom. The topological polar surface area (TPSA) is 67.1 Å². The molecule has 2 rings (SSSR count). The molecular weight excluding hydrogens is 294 g/mol. The molecule has 5 nitrogen and oxygen atoms in total. The lowest BCUT2D eigenvalue weighted by atomic mass is 10.1. The van der Waals surface area contributed by atoms with Crippen LogP contribution in [0.5, 0.6) is 0 Å². The highest BCUT2D eigenvalue weighted by atomic mass is 79.9. The van der Waals surface area contributed by atoms with E-state index in [0.717, 1.165) is 23.4 Å². The molecule has 1 unspecified atom stereocenters. The zero-order chi connectivity index (χ0) is 13.1. The molecule has 0 amide bonds. The smallest absolute Gasteiger partial charge is 0.145 e. The van der Waals surface area contributed by atoms with E-state index in [1.807, 2.05) is 0 Å². The van der Waals surface area contributed by atoms with Crippen LogP contribution in [0.1, 0.15) is 20.3 Å². The molecule has 18 heavy (non-hydrogen) atoms. The lowest BCUT2D eigenvalue weighted by molar-refractivity contribution is 0.266. The Kier molecular flexibility index (Phi) is 4.40. The highest BCUT2D eigenvalue weighted by Crippen LogP contribution is 2.25. The average molecular weight is 314 g/mol. The van der Waals surface area contributed by atoms with Gasteiger partial charge in [-0.15, -0.1) is 0 Å². The van der Waals surface area contributed by atoms with Crippen molar-refractivity contribution < 1.29 is 0 Å². The molecule has 0 aliphatic carbocycles. The third kappa shape index (κ3) is 3.11. The number of nitrogens with two attached hydrogens (primary N) is 1. The first-order valence-electron chi connectivity index (χ1n) is 6.31. The molecule has 1 aromatic rings. The van der Waals surface area contributed by atoms with Gasteiger partial charge in [-0.2, -0.15) is 0 Å². The van der Waals surface area contributed by atoms with Gasteiger partial charge in [-0.25, -0.2) is 9.97 Å². The fourth-order valence-electron chi connectivity index (χ4n) is 2.25. The minimum atomic E-state index is 0.475. The quantitative estimate of drug-likeness (QED) is 0.889. The van der Waals surface area contributed by atoms with Crippen molar-refractivity contribution in [3.8, 4) is 0 Å². The van der Waals surface area contributed by atoms with E-state index in [4.69, 9.17) is 5.73 Å². The second-order valence-electron chi connectivity index (χ2n) is 5.05. The van der Waals surface area contributed by atoms with Crippen LogP contribution in [0.2, 0.25) is 0 Å². The van der Waals surface area contributed by atoms with Gasteiger partial charge in [-0.3, -0.25) is 0 Å². The summed E-state index contributed by atoms with van der Waals surface area (Å²) in [4.78, 5) is 10.6. The summed E-state index contributed by atoms with van der Waals surface area (Å²) in [6.07, 6.45) is 2.72. The molecular formula is C12H20BrN5. The minimum absolute atomic E-state index is 0.475. The molecule has 1 aliphatic heterocycles. The molecule has 0 bridgehead atoms. The van der Waals surface area contributed by atoms with E-state index in [2.05, 4.69) is 50.0 Å². The Balaban J connectivity index is 1.87. The number of rotatable bonds is 4. The normalized spacial score (nSPS) is 20.6. The van der Waals surface area contributed by atoms with Gasteiger partial charge >= 0.3 is 0 Å². The Bertz CT molecular complexity index is 409. The van der Waals surface area contributed by atoms with E-state index in [0.29, 0.717) is 17.8 Å². The van der Waals surface area contributed by atoms with E-state index in [9.17, 15) is 0 Å². The van der Waals surface area contributed by atoms with Crippen molar-refractivity contribution in [2.75, 3.05) is 30.7 Å². The molecule has 3 N–H and O–H groups in total. The van der Waals surface area contributed by atoms with E-state index in [1.165, 1.54) is 19.3 Å². The van der Waals surface area contributed by atoms with Gasteiger partial charge in [0, 0.05) is 19.1 Å². The minimum Gasteiger partial charge on any atom is -0.383 e. The predicted molar refractivity (Wildman–Crippen MR) is 77.5 cm³/mol. The number of hydrogen-bond acceptors (Lipinski definition) is 5. The van der Waals surface area contributed by atoms with Gasteiger partial charge in [0.15, 0.2) is 0 Å². The molecule has 1 atom stereocenters. The largest absolute Gasteiger partial charge is 0.383 e. The van der Waals surface area contributed by atoms with Gasteiger partial charge in [-0.1, -0.05) is 0 Å². The molecule has 0 saturated carbocycles. The van der Waals surface area contributed by atoms with Crippen LogP contribution >= 0.6 is 15.9 Å². The van der Waals surface area contributed by atoms with Crippen molar-refractivity contribution in [3.05, 3.63) is 10.8 Å². The van der Waals surface area contributed by atoms with Crippen LogP contribution in [0.4, 0.5) is 11.6 Å². The van der Waals surface area contributed by atoms with Gasteiger partial charge in [0.25, 0.3) is 0 Å². The highest BCUT2D eigenvalue weighted by Gasteiger charge is 2.24. The molecule has 0 radical (unpaired) electrons. The van der Waals surface area contributed by atoms with Gasteiger partial charge in [0.2, 0.25) is 0 Å². The van der Waals surface area contributed by atoms with E-state index < -0.39 is 0 Å². The van der Waals surface area contributed by atoms with Crippen molar-refractivity contribution in [2.45, 2.75) is 26.3 Å². The highest BCUT2D eigenvalue weighted by molar-refractivity contribution is 9.10. The molecule has 1 saturated heterocycles. The Hall–Kier alpha value is -0.880. The van der Waals surface area contributed by atoms with Crippen LogP contribution in [-0.2, 0) is 0 Å². The number of nitrogen functional groups attached to an aromatic ring is 1. The molecule has 1 fully saturated rings. The summed E-state index contributed by atoms with van der Waals surface area (Å²) >= 11 is 3.40. The molecule has 100 valence electrons. The first kappa shape index (κ1) is 13.5. The molecule has 1 aliphatic rings. The fraction of sp³-hybridized carbons (Fsp3) is 0.667. The molecule has 0 aromatic carbocycles. The summed E-state index contributed by atoms with van der Waals surface area (Å²) in [7, 11) is 0. The van der Waals surface area contributed by atoms with E-state index >= 15 is 0 Å². The first-order valence-corrected chi connectivity index (χ1v) is 7.11. The molecule has 0 spiro atoms. The summed E-state index contributed by atoms with van der Waals surface area (Å²) in [6, 6.07) is 0.636. The van der Waals surface area contributed by atoms with Crippen LogP contribution in [0, 0.1) is 5.92 Å². The van der Waals surface area contributed by atoms with Crippen LogP contribution in [0.25, 0.3) is 0 Å². The first-order chi connectivity index (χ1) is 8.58. The summed E-state index contributed by atoms with van der Waals surface area (Å²) < 4.78 is 0.753.